The van der Waals surface area contributed by atoms with E-state index in [-0.39, 0.29) is 29.2 Å². The molecule has 0 unspecified atom stereocenters. The smallest absolute Gasteiger partial charge is 0.271 e. The standard InChI is InChI=1S/C25H27ClN8O/c1-4-18-14-32(24-22(26)25(35)31(3)21-15-33(10-7-27)30-23(21)24)11-12-34(18)16(2)17-5-6-19-20(13-17)29-9-8-28-19/h5-6,8-9,13,15-16,18H,4,10-12,14H2,1-3H3/t16-,18-/m1/s1. The predicted octanol–water partition coefficient (Wildman–Crippen LogP) is 3.52. The second-order valence-corrected chi connectivity index (χ2v) is 9.35. The largest absolute Gasteiger partial charge is 0.365 e. The lowest BCUT2D eigenvalue weighted by molar-refractivity contribution is 0.124. The first kappa shape index (κ1) is 23.3. The van der Waals surface area contributed by atoms with Gasteiger partial charge in [0.2, 0.25) is 0 Å². The van der Waals surface area contributed by atoms with Crippen LogP contribution in [0, 0.1) is 11.3 Å². The summed E-state index contributed by atoms with van der Waals surface area (Å²) in [5.41, 5.74) is 4.71. The monoisotopic (exact) mass is 490 g/mol. The molecule has 1 aliphatic heterocycles. The van der Waals surface area contributed by atoms with Crippen molar-refractivity contribution in [1.29, 1.82) is 5.26 Å². The van der Waals surface area contributed by atoms with Crippen LogP contribution in [0.25, 0.3) is 22.1 Å². The summed E-state index contributed by atoms with van der Waals surface area (Å²) < 4.78 is 3.06. The zero-order chi connectivity index (χ0) is 24.7. The maximum Gasteiger partial charge on any atom is 0.271 e. The van der Waals surface area contributed by atoms with Gasteiger partial charge in [-0.05, 0) is 31.0 Å². The van der Waals surface area contributed by atoms with E-state index < -0.39 is 0 Å². The molecule has 0 N–H and O–H groups in total. The fourth-order valence-electron chi connectivity index (χ4n) is 5.11. The Balaban J connectivity index is 1.47. The highest BCUT2D eigenvalue weighted by atomic mass is 35.5. The quantitative estimate of drug-likeness (QED) is 0.422. The summed E-state index contributed by atoms with van der Waals surface area (Å²) in [6.07, 6.45) is 6.11. The Hall–Kier alpha value is -3.48. The third kappa shape index (κ3) is 4.03. The van der Waals surface area contributed by atoms with Crippen molar-refractivity contribution >= 4 is 39.4 Å². The molecule has 4 heterocycles. The van der Waals surface area contributed by atoms with Crippen LogP contribution in [0.3, 0.4) is 0 Å². The summed E-state index contributed by atoms with van der Waals surface area (Å²) in [5, 5.41) is 13.9. The van der Waals surface area contributed by atoms with E-state index in [0.29, 0.717) is 23.3 Å². The summed E-state index contributed by atoms with van der Waals surface area (Å²) in [4.78, 5) is 26.4. The summed E-state index contributed by atoms with van der Waals surface area (Å²) in [6.45, 7) is 6.76. The minimum Gasteiger partial charge on any atom is -0.365 e. The minimum absolute atomic E-state index is 0.110. The average molecular weight is 491 g/mol. The van der Waals surface area contributed by atoms with Crippen molar-refractivity contribution in [2.75, 3.05) is 24.5 Å². The number of fused-ring (bicyclic) bond motifs is 2. The summed E-state index contributed by atoms with van der Waals surface area (Å²) >= 11 is 6.62. The van der Waals surface area contributed by atoms with Gasteiger partial charge in [0.1, 0.15) is 17.1 Å². The van der Waals surface area contributed by atoms with Crippen molar-refractivity contribution in [1.82, 2.24) is 29.2 Å². The first-order chi connectivity index (χ1) is 16.9. The molecular formula is C25H27ClN8O. The Morgan fingerprint density at radius 2 is 2.00 bits per heavy atom. The van der Waals surface area contributed by atoms with Crippen molar-refractivity contribution in [3.63, 3.8) is 0 Å². The second kappa shape index (κ2) is 9.29. The van der Waals surface area contributed by atoms with E-state index in [9.17, 15) is 4.79 Å². The van der Waals surface area contributed by atoms with Crippen molar-refractivity contribution in [2.45, 2.75) is 38.9 Å². The number of benzene rings is 1. The summed E-state index contributed by atoms with van der Waals surface area (Å²) in [5.74, 6) is 0. The number of pyridine rings is 1. The third-order valence-corrected chi connectivity index (χ3v) is 7.39. The molecule has 10 heteroatoms. The van der Waals surface area contributed by atoms with E-state index in [1.807, 2.05) is 6.07 Å². The molecule has 2 atom stereocenters. The number of aryl methyl sites for hydroxylation is 1. The number of hydrogen-bond acceptors (Lipinski definition) is 7. The van der Waals surface area contributed by atoms with Crippen LogP contribution < -0.4 is 10.5 Å². The molecule has 1 aromatic carbocycles. The Morgan fingerprint density at radius 3 is 2.74 bits per heavy atom. The maximum atomic E-state index is 12.9. The Labute approximate surface area is 208 Å². The van der Waals surface area contributed by atoms with Crippen LogP contribution in [0.15, 0.2) is 41.6 Å². The molecule has 4 aromatic rings. The van der Waals surface area contributed by atoms with Gasteiger partial charge in [0, 0.05) is 51.2 Å². The van der Waals surface area contributed by atoms with E-state index in [0.717, 1.165) is 30.5 Å². The van der Waals surface area contributed by atoms with Crippen molar-refractivity contribution < 1.29 is 0 Å². The number of aromatic nitrogens is 5. The van der Waals surface area contributed by atoms with Crippen LogP contribution in [-0.2, 0) is 13.6 Å². The molecule has 1 aliphatic rings. The van der Waals surface area contributed by atoms with Gasteiger partial charge < -0.3 is 9.47 Å². The lowest BCUT2D eigenvalue weighted by Crippen LogP contribution is -2.54. The minimum atomic E-state index is -0.258. The van der Waals surface area contributed by atoms with Gasteiger partial charge in [-0.25, -0.2) is 0 Å². The Bertz CT molecular complexity index is 1500. The number of nitriles is 1. The Kier molecular flexibility index (Phi) is 6.17. The molecule has 5 rings (SSSR count). The van der Waals surface area contributed by atoms with Crippen molar-refractivity contribution in [3.05, 3.63) is 57.7 Å². The lowest BCUT2D eigenvalue weighted by Gasteiger charge is -2.45. The van der Waals surface area contributed by atoms with Gasteiger partial charge >= 0.3 is 0 Å². The molecule has 1 saturated heterocycles. The van der Waals surface area contributed by atoms with E-state index in [1.165, 1.54) is 10.1 Å². The van der Waals surface area contributed by atoms with E-state index in [4.69, 9.17) is 16.9 Å². The fraction of sp³-hybridized carbons (Fsp3) is 0.400. The van der Waals surface area contributed by atoms with Gasteiger partial charge in [-0.15, -0.1) is 0 Å². The highest BCUT2D eigenvalue weighted by Gasteiger charge is 2.33. The topological polar surface area (TPSA) is 95.9 Å². The molecular weight excluding hydrogens is 464 g/mol. The van der Waals surface area contributed by atoms with Gasteiger partial charge in [0.05, 0.1) is 34.5 Å². The summed E-state index contributed by atoms with van der Waals surface area (Å²) in [6, 6.07) is 8.84. The average Bonchev–Trinajstić information content (AvgIpc) is 3.30. The Morgan fingerprint density at radius 1 is 1.23 bits per heavy atom. The van der Waals surface area contributed by atoms with Crippen LogP contribution in [0.2, 0.25) is 5.02 Å². The molecule has 180 valence electrons. The first-order valence-corrected chi connectivity index (χ1v) is 12.1. The van der Waals surface area contributed by atoms with Crippen LogP contribution >= 0.6 is 11.6 Å². The molecule has 3 aromatic heterocycles. The number of rotatable bonds is 5. The number of halogens is 1. The highest BCUT2D eigenvalue weighted by Crippen LogP contribution is 2.35. The van der Waals surface area contributed by atoms with Crippen LogP contribution in [0.5, 0.6) is 0 Å². The highest BCUT2D eigenvalue weighted by molar-refractivity contribution is 6.34. The molecule has 0 spiro atoms. The first-order valence-electron chi connectivity index (χ1n) is 11.8. The van der Waals surface area contributed by atoms with Gasteiger partial charge in [-0.2, -0.15) is 10.4 Å². The molecule has 1 fully saturated rings. The fourth-order valence-corrected chi connectivity index (χ4v) is 5.44. The molecule has 0 saturated carbocycles. The van der Waals surface area contributed by atoms with Gasteiger partial charge in [0.25, 0.3) is 5.56 Å². The van der Waals surface area contributed by atoms with E-state index >= 15 is 0 Å². The van der Waals surface area contributed by atoms with Crippen LogP contribution in [0.1, 0.15) is 31.9 Å². The second-order valence-electron chi connectivity index (χ2n) is 8.97. The lowest BCUT2D eigenvalue weighted by atomic mass is 10.0. The van der Waals surface area contributed by atoms with Crippen LogP contribution in [0.4, 0.5) is 5.69 Å². The maximum absolute atomic E-state index is 12.9. The van der Waals surface area contributed by atoms with Crippen LogP contribution in [-0.4, -0.2) is 54.9 Å². The normalized spacial score (nSPS) is 17.7. The van der Waals surface area contributed by atoms with E-state index in [2.05, 4.69) is 56.9 Å². The number of hydrogen-bond donors (Lipinski definition) is 0. The molecule has 0 aliphatic carbocycles. The number of piperazine rings is 1. The third-order valence-electron chi connectivity index (χ3n) is 7.05. The molecule has 9 nitrogen and oxygen atoms in total. The van der Waals surface area contributed by atoms with Gasteiger partial charge in [-0.1, -0.05) is 24.6 Å². The zero-order valence-corrected chi connectivity index (χ0v) is 20.8. The predicted molar refractivity (Wildman–Crippen MR) is 137 cm³/mol. The van der Waals surface area contributed by atoms with Crippen molar-refractivity contribution in [3.8, 4) is 6.07 Å². The van der Waals surface area contributed by atoms with E-state index in [1.54, 1.807) is 30.3 Å². The SMILES string of the molecule is CC[C@@H]1CN(c2c(Cl)c(=O)n(C)c3cn(CC#N)nc23)CCN1[C@H](C)c1ccc2nccnc2c1. The van der Waals surface area contributed by atoms with Crippen molar-refractivity contribution in [2.24, 2.45) is 7.05 Å². The zero-order valence-electron chi connectivity index (χ0n) is 20.0. The number of anilines is 1. The van der Waals surface area contributed by atoms with Gasteiger partial charge in [-0.3, -0.25) is 24.3 Å². The molecule has 0 radical (unpaired) electrons. The molecule has 35 heavy (non-hydrogen) atoms. The molecule has 0 bridgehead atoms. The van der Waals surface area contributed by atoms with Gasteiger partial charge in [0.15, 0.2) is 0 Å². The summed E-state index contributed by atoms with van der Waals surface area (Å²) in [7, 11) is 1.68. The molecule has 0 amide bonds. The number of nitrogens with zero attached hydrogens (tertiary/aromatic N) is 8.